The zero-order valence-electron chi connectivity index (χ0n) is 7.45. The largest absolute Gasteiger partial charge is 0.378 e. The van der Waals surface area contributed by atoms with Crippen molar-refractivity contribution >= 4 is 6.03 Å². The van der Waals surface area contributed by atoms with E-state index in [-0.39, 0.29) is 6.03 Å². The molecule has 12 heavy (non-hydrogen) atoms. The molecule has 1 radical (unpaired) electrons. The first-order valence-electron chi connectivity index (χ1n) is 4.12. The van der Waals surface area contributed by atoms with Crippen LogP contribution in [0.1, 0.15) is 0 Å². The van der Waals surface area contributed by atoms with E-state index in [1.807, 2.05) is 0 Å². The Labute approximate surface area is 73.1 Å². The molecule has 0 saturated carbocycles. The van der Waals surface area contributed by atoms with Crippen LogP contribution >= 0.6 is 0 Å². The average Bonchev–Trinajstić information content (AvgIpc) is 2.17. The number of hydrogen-bond acceptors (Lipinski definition) is 2. The molecule has 0 aromatic rings. The lowest BCUT2D eigenvalue weighted by Gasteiger charge is -2.30. The van der Waals surface area contributed by atoms with Gasteiger partial charge in [0, 0.05) is 26.7 Å². The molecule has 4 nitrogen and oxygen atoms in total. The molecule has 0 aromatic heterocycles. The van der Waals surface area contributed by atoms with E-state index in [0.29, 0.717) is 32.8 Å². The van der Waals surface area contributed by atoms with E-state index in [1.54, 1.807) is 16.8 Å². The molecule has 0 bridgehead atoms. The van der Waals surface area contributed by atoms with E-state index in [9.17, 15) is 4.79 Å². The van der Waals surface area contributed by atoms with E-state index >= 15 is 0 Å². The van der Waals surface area contributed by atoms with Crippen LogP contribution in [-0.4, -0.2) is 55.7 Å². The number of nitrogens with zero attached hydrogens (tertiary/aromatic N) is 2. The molecule has 4 heteroatoms. The van der Waals surface area contributed by atoms with Crippen molar-refractivity contribution in [3.05, 3.63) is 6.92 Å². The predicted molar refractivity (Wildman–Crippen MR) is 45.8 cm³/mol. The second-order valence-electron chi connectivity index (χ2n) is 2.80. The summed E-state index contributed by atoms with van der Waals surface area (Å²) in [6, 6.07) is 0.0494. The van der Waals surface area contributed by atoms with Gasteiger partial charge in [-0.15, -0.1) is 0 Å². The number of hydrogen-bond donors (Lipinski definition) is 0. The van der Waals surface area contributed by atoms with Crippen LogP contribution in [0.5, 0.6) is 0 Å². The second kappa shape index (κ2) is 4.30. The molecule has 69 valence electrons. The summed E-state index contributed by atoms with van der Waals surface area (Å²) in [7, 11) is 1.75. The van der Waals surface area contributed by atoms with Crippen LogP contribution in [-0.2, 0) is 4.74 Å². The Kier molecular flexibility index (Phi) is 3.34. The smallest absolute Gasteiger partial charge is 0.319 e. The van der Waals surface area contributed by atoms with Crippen molar-refractivity contribution in [2.45, 2.75) is 0 Å². The third-order valence-corrected chi connectivity index (χ3v) is 1.94. The Morgan fingerprint density at radius 1 is 1.58 bits per heavy atom. The van der Waals surface area contributed by atoms with Gasteiger partial charge in [-0.05, 0) is 6.92 Å². The van der Waals surface area contributed by atoms with Gasteiger partial charge in [-0.3, -0.25) is 0 Å². The molecular formula is C8H15N2O2. The lowest BCUT2D eigenvalue weighted by molar-refractivity contribution is 0.0460. The van der Waals surface area contributed by atoms with Gasteiger partial charge in [0.25, 0.3) is 0 Å². The SMILES string of the molecule is [CH2]CN(C)C(=O)N1CCOCC1. The van der Waals surface area contributed by atoms with Crippen LogP contribution in [0.4, 0.5) is 4.79 Å². The molecule has 1 rings (SSSR count). The highest BCUT2D eigenvalue weighted by atomic mass is 16.5. The molecule has 0 N–H and O–H groups in total. The third kappa shape index (κ3) is 2.11. The molecule has 1 fully saturated rings. The predicted octanol–water partition coefficient (Wildman–Crippen LogP) is 0.204. The number of morpholine rings is 1. The minimum Gasteiger partial charge on any atom is -0.378 e. The molecule has 0 spiro atoms. The van der Waals surface area contributed by atoms with Crippen molar-refractivity contribution in [1.29, 1.82) is 0 Å². The maximum atomic E-state index is 11.5. The fourth-order valence-electron chi connectivity index (χ4n) is 1.09. The molecule has 0 aromatic carbocycles. The second-order valence-corrected chi connectivity index (χ2v) is 2.80. The molecule has 0 aliphatic carbocycles. The van der Waals surface area contributed by atoms with Crippen LogP contribution in [0.2, 0.25) is 0 Å². The first-order chi connectivity index (χ1) is 5.75. The van der Waals surface area contributed by atoms with Crippen molar-refractivity contribution in [2.75, 3.05) is 39.9 Å². The van der Waals surface area contributed by atoms with E-state index in [0.717, 1.165) is 0 Å². The first kappa shape index (κ1) is 9.32. The molecule has 0 unspecified atom stereocenters. The van der Waals surface area contributed by atoms with Gasteiger partial charge < -0.3 is 14.5 Å². The Bertz CT molecular complexity index is 155. The summed E-state index contributed by atoms with van der Waals surface area (Å²) < 4.78 is 5.14. The van der Waals surface area contributed by atoms with Gasteiger partial charge in [-0.2, -0.15) is 0 Å². The number of carbonyl (C=O) groups excluding carboxylic acids is 1. The zero-order chi connectivity index (χ0) is 8.97. The van der Waals surface area contributed by atoms with Crippen molar-refractivity contribution in [3.8, 4) is 0 Å². The Balaban J connectivity index is 2.39. The summed E-state index contributed by atoms with van der Waals surface area (Å²) in [5, 5.41) is 0. The molecule has 2 amide bonds. The van der Waals surface area contributed by atoms with Gasteiger partial charge in [0.15, 0.2) is 0 Å². The standard InChI is InChI=1S/C8H15N2O2/c1-3-9(2)8(11)10-4-6-12-7-5-10/h1,3-7H2,2H3. The van der Waals surface area contributed by atoms with Crippen LogP contribution < -0.4 is 0 Å². The van der Waals surface area contributed by atoms with Gasteiger partial charge in [0.1, 0.15) is 0 Å². The summed E-state index contributed by atoms with van der Waals surface area (Å²) in [5.74, 6) is 0. The van der Waals surface area contributed by atoms with Gasteiger partial charge in [0.2, 0.25) is 0 Å². The van der Waals surface area contributed by atoms with E-state index < -0.39 is 0 Å². The van der Waals surface area contributed by atoms with Gasteiger partial charge in [-0.25, -0.2) is 4.79 Å². The lowest BCUT2D eigenvalue weighted by atomic mass is 10.4. The van der Waals surface area contributed by atoms with Crippen molar-refractivity contribution in [3.63, 3.8) is 0 Å². The minimum atomic E-state index is 0.0494. The molecule has 1 heterocycles. The monoisotopic (exact) mass is 171 g/mol. The maximum absolute atomic E-state index is 11.5. The Hall–Kier alpha value is -0.770. The van der Waals surface area contributed by atoms with E-state index in [4.69, 9.17) is 4.74 Å². The summed E-state index contributed by atoms with van der Waals surface area (Å²) in [5.41, 5.74) is 0. The molecule has 1 aliphatic heterocycles. The van der Waals surface area contributed by atoms with Crippen LogP contribution in [0, 0.1) is 6.92 Å². The van der Waals surface area contributed by atoms with Crippen molar-refractivity contribution in [1.82, 2.24) is 9.80 Å². The highest BCUT2D eigenvalue weighted by Crippen LogP contribution is 2.00. The van der Waals surface area contributed by atoms with Gasteiger partial charge >= 0.3 is 6.03 Å². The average molecular weight is 171 g/mol. The van der Waals surface area contributed by atoms with Crippen LogP contribution in [0.15, 0.2) is 0 Å². The quantitative estimate of drug-likeness (QED) is 0.564. The summed E-state index contributed by atoms with van der Waals surface area (Å²) in [6.45, 7) is 6.85. The number of amides is 2. The Morgan fingerprint density at radius 3 is 2.67 bits per heavy atom. The Morgan fingerprint density at radius 2 is 2.17 bits per heavy atom. The lowest BCUT2D eigenvalue weighted by Crippen LogP contribution is -2.46. The number of rotatable bonds is 1. The number of urea groups is 1. The number of carbonyl (C=O) groups is 1. The number of ether oxygens (including phenoxy) is 1. The van der Waals surface area contributed by atoms with Gasteiger partial charge in [0.05, 0.1) is 13.2 Å². The highest BCUT2D eigenvalue weighted by Gasteiger charge is 2.18. The zero-order valence-corrected chi connectivity index (χ0v) is 7.45. The fraction of sp³-hybridized carbons (Fsp3) is 0.750. The minimum absolute atomic E-state index is 0.0494. The molecule has 0 atom stereocenters. The maximum Gasteiger partial charge on any atom is 0.319 e. The normalized spacial score (nSPS) is 17.7. The molecular weight excluding hydrogens is 156 g/mol. The first-order valence-corrected chi connectivity index (χ1v) is 4.12. The van der Waals surface area contributed by atoms with Crippen molar-refractivity contribution < 1.29 is 9.53 Å². The summed E-state index contributed by atoms with van der Waals surface area (Å²) in [6.07, 6.45) is 0. The van der Waals surface area contributed by atoms with Crippen molar-refractivity contribution in [2.24, 2.45) is 0 Å². The third-order valence-electron chi connectivity index (χ3n) is 1.94. The molecule has 1 aliphatic rings. The fourth-order valence-corrected chi connectivity index (χ4v) is 1.09. The van der Waals surface area contributed by atoms with E-state index in [2.05, 4.69) is 6.92 Å². The topological polar surface area (TPSA) is 32.8 Å². The van der Waals surface area contributed by atoms with Crippen LogP contribution in [0.3, 0.4) is 0 Å². The van der Waals surface area contributed by atoms with E-state index in [1.165, 1.54) is 0 Å². The summed E-state index contributed by atoms with van der Waals surface area (Å²) in [4.78, 5) is 14.9. The van der Waals surface area contributed by atoms with Crippen LogP contribution in [0.25, 0.3) is 0 Å². The molecule has 1 saturated heterocycles. The van der Waals surface area contributed by atoms with Gasteiger partial charge in [-0.1, -0.05) is 0 Å². The summed E-state index contributed by atoms with van der Waals surface area (Å²) >= 11 is 0. The highest BCUT2D eigenvalue weighted by molar-refractivity contribution is 5.74.